The molecule has 0 radical (unpaired) electrons. The summed E-state index contributed by atoms with van der Waals surface area (Å²) in [5.41, 5.74) is 3.44. The van der Waals surface area contributed by atoms with Gasteiger partial charge in [-0.1, -0.05) is 0 Å². The second-order valence-corrected chi connectivity index (χ2v) is 6.82. The van der Waals surface area contributed by atoms with Crippen LogP contribution in [0.2, 0.25) is 0 Å². The highest BCUT2D eigenvalue weighted by Crippen LogP contribution is 2.12. The highest BCUT2D eigenvalue weighted by Gasteiger charge is 2.13. The van der Waals surface area contributed by atoms with Crippen LogP contribution in [0.3, 0.4) is 0 Å². The molecule has 0 atom stereocenters. The van der Waals surface area contributed by atoms with Gasteiger partial charge in [-0.15, -0.1) is 0 Å². The SMILES string of the molecule is CCNC(=NCc1c(C)nn(C)c1C)NCCN(C(C)C)C(C)C. The predicted molar refractivity (Wildman–Crippen MR) is 102 cm³/mol. The van der Waals surface area contributed by atoms with Gasteiger partial charge in [-0.05, 0) is 48.5 Å². The Hall–Kier alpha value is -1.56. The molecule has 1 aromatic heterocycles. The number of rotatable bonds is 8. The molecule has 0 fully saturated rings. The van der Waals surface area contributed by atoms with E-state index in [1.54, 1.807) is 0 Å². The smallest absolute Gasteiger partial charge is 0.191 e. The van der Waals surface area contributed by atoms with Gasteiger partial charge in [0.25, 0.3) is 0 Å². The van der Waals surface area contributed by atoms with Crippen molar-refractivity contribution < 1.29 is 0 Å². The molecule has 0 amide bonds. The number of nitrogens with zero attached hydrogens (tertiary/aromatic N) is 4. The molecule has 6 nitrogen and oxygen atoms in total. The highest BCUT2D eigenvalue weighted by atomic mass is 15.3. The third-order valence-corrected chi connectivity index (χ3v) is 4.39. The lowest BCUT2D eigenvalue weighted by atomic mass is 10.2. The molecule has 0 saturated heterocycles. The summed E-state index contributed by atoms with van der Waals surface area (Å²) in [5, 5.41) is 11.2. The minimum absolute atomic E-state index is 0.548. The quantitative estimate of drug-likeness (QED) is 0.564. The van der Waals surface area contributed by atoms with E-state index >= 15 is 0 Å². The van der Waals surface area contributed by atoms with E-state index in [0.717, 1.165) is 31.3 Å². The van der Waals surface area contributed by atoms with Crippen molar-refractivity contribution >= 4 is 5.96 Å². The van der Waals surface area contributed by atoms with E-state index in [2.05, 4.69) is 62.2 Å². The fraction of sp³-hybridized carbons (Fsp3) is 0.778. The third kappa shape index (κ3) is 5.82. The first-order valence-corrected chi connectivity index (χ1v) is 9.04. The van der Waals surface area contributed by atoms with E-state index in [1.807, 2.05) is 18.7 Å². The molecule has 0 aliphatic carbocycles. The lowest BCUT2D eigenvalue weighted by molar-refractivity contribution is 0.178. The molecule has 0 bridgehead atoms. The molecule has 6 heteroatoms. The molecule has 0 unspecified atom stereocenters. The molecular formula is C18H36N6. The Morgan fingerprint density at radius 1 is 1.17 bits per heavy atom. The van der Waals surface area contributed by atoms with Gasteiger partial charge in [0.2, 0.25) is 0 Å². The van der Waals surface area contributed by atoms with Crippen LogP contribution in [0.15, 0.2) is 4.99 Å². The standard InChI is InChI=1S/C18H36N6/c1-9-19-18(20-10-11-24(13(2)3)14(4)5)21-12-17-15(6)22-23(8)16(17)7/h13-14H,9-12H2,1-8H3,(H2,19,20,21). The zero-order valence-corrected chi connectivity index (χ0v) is 16.8. The van der Waals surface area contributed by atoms with Crippen molar-refractivity contribution in [2.75, 3.05) is 19.6 Å². The van der Waals surface area contributed by atoms with Crippen molar-refractivity contribution in [3.63, 3.8) is 0 Å². The molecule has 24 heavy (non-hydrogen) atoms. The highest BCUT2D eigenvalue weighted by molar-refractivity contribution is 5.79. The van der Waals surface area contributed by atoms with E-state index in [-0.39, 0.29) is 0 Å². The second kappa shape index (κ2) is 9.67. The first kappa shape index (κ1) is 20.5. The lowest BCUT2D eigenvalue weighted by Crippen LogP contribution is -2.45. The van der Waals surface area contributed by atoms with Crippen molar-refractivity contribution in [2.45, 2.75) is 67.1 Å². The van der Waals surface area contributed by atoms with E-state index < -0.39 is 0 Å². The van der Waals surface area contributed by atoms with Gasteiger partial charge in [-0.2, -0.15) is 5.10 Å². The number of aliphatic imine (C=N–C) groups is 1. The summed E-state index contributed by atoms with van der Waals surface area (Å²) >= 11 is 0. The van der Waals surface area contributed by atoms with Gasteiger partial charge >= 0.3 is 0 Å². The maximum Gasteiger partial charge on any atom is 0.191 e. The molecule has 138 valence electrons. The summed E-state index contributed by atoms with van der Waals surface area (Å²) in [6, 6.07) is 1.10. The summed E-state index contributed by atoms with van der Waals surface area (Å²) in [5.74, 6) is 0.868. The molecule has 0 spiro atoms. The van der Waals surface area contributed by atoms with Crippen LogP contribution in [0.4, 0.5) is 0 Å². The van der Waals surface area contributed by atoms with Crippen LogP contribution in [0.1, 0.15) is 51.6 Å². The monoisotopic (exact) mass is 336 g/mol. The average Bonchev–Trinajstić information content (AvgIpc) is 2.73. The molecule has 1 rings (SSSR count). The largest absolute Gasteiger partial charge is 0.357 e. The lowest BCUT2D eigenvalue weighted by Gasteiger charge is -2.30. The molecule has 2 N–H and O–H groups in total. The second-order valence-electron chi connectivity index (χ2n) is 6.82. The Morgan fingerprint density at radius 3 is 2.25 bits per heavy atom. The molecule has 1 heterocycles. The molecule has 0 aliphatic heterocycles. The number of aryl methyl sites for hydroxylation is 2. The average molecular weight is 337 g/mol. The van der Waals surface area contributed by atoms with Gasteiger partial charge in [0.15, 0.2) is 5.96 Å². The Kier molecular flexibility index (Phi) is 8.25. The minimum atomic E-state index is 0.548. The fourth-order valence-corrected chi connectivity index (χ4v) is 2.96. The predicted octanol–water partition coefficient (Wildman–Crippen LogP) is 2.21. The zero-order valence-electron chi connectivity index (χ0n) is 16.8. The Balaban J connectivity index is 2.66. The van der Waals surface area contributed by atoms with E-state index in [1.165, 1.54) is 11.3 Å². The summed E-state index contributed by atoms with van der Waals surface area (Å²) in [7, 11) is 1.98. The van der Waals surface area contributed by atoms with E-state index in [4.69, 9.17) is 4.99 Å². The van der Waals surface area contributed by atoms with Crippen LogP contribution < -0.4 is 10.6 Å². The number of hydrogen-bond donors (Lipinski definition) is 2. The minimum Gasteiger partial charge on any atom is -0.357 e. The number of nitrogens with one attached hydrogen (secondary N) is 2. The molecule has 0 aliphatic rings. The topological polar surface area (TPSA) is 57.5 Å². The van der Waals surface area contributed by atoms with Crippen molar-refractivity contribution in [3.8, 4) is 0 Å². The van der Waals surface area contributed by atoms with Gasteiger partial charge in [0.1, 0.15) is 0 Å². The summed E-state index contributed by atoms with van der Waals surface area (Å²) in [4.78, 5) is 7.21. The van der Waals surface area contributed by atoms with E-state index in [0.29, 0.717) is 18.6 Å². The van der Waals surface area contributed by atoms with Gasteiger partial charge in [-0.25, -0.2) is 4.99 Å². The van der Waals surface area contributed by atoms with Gasteiger partial charge in [0.05, 0.1) is 12.2 Å². The number of aromatic nitrogens is 2. The Morgan fingerprint density at radius 2 is 1.79 bits per heavy atom. The van der Waals surface area contributed by atoms with Crippen LogP contribution in [0.25, 0.3) is 0 Å². The van der Waals surface area contributed by atoms with E-state index in [9.17, 15) is 0 Å². The van der Waals surface area contributed by atoms with Crippen LogP contribution >= 0.6 is 0 Å². The molecule has 1 aromatic rings. The third-order valence-electron chi connectivity index (χ3n) is 4.39. The van der Waals surface area contributed by atoms with Crippen LogP contribution in [-0.4, -0.2) is 52.4 Å². The summed E-state index contributed by atoms with van der Waals surface area (Å²) in [6.07, 6.45) is 0. The molecule has 0 saturated carbocycles. The number of guanidine groups is 1. The zero-order chi connectivity index (χ0) is 18.3. The Labute approximate surface area is 147 Å². The summed E-state index contributed by atoms with van der Waals surface area (Å²) < 4.78 is 1.92. The first-order chi connectivity index (χ1) is 11.3. The fourth-order valence-electron chi connectivity index (χ4n) is 2.96. The van der Waals surface area contributed by atoms with Crippen molar-refractivity contribution in [3.05, 3.63) is 17.0 Å². The molecule has 0 aromatic carbocycles. The van der Waals surface area contributed by atoms with Crippen molar-refractivity contribution in [1.82, 2.24) is 25.3 Å². The van der Waals surface area contributed by atoms with Crippen LogP contribution in [0, 0.1) is 13.8 Å². The van der Waals surface area contributed by atoms with Crippen LogP contribution in [0.5, 0.6) is 0 Å². The maximum atomic E-state index is 4.73. The molecular weight excluding hydrogens is 300 g/mol. The first-order valence-electron chi connectivity index (χ1n) is 9.04. The van der Waals surface area contributed by atoms with Gasteiger partial charge < -0.3 is 10.6 Å². The normalized spacial score (nSPS) is 12.5. The maximum absolute atomic E-state index is 4.73. The summed E-state index contributed by atoms with van der Waals surface area (Å²) in [6.45, 7) is 18.6. The van der Waals surface area contributed by atoms with Gasteiger partial charge in [0, 0.05) is 50.0 Å². The number of hydrogen-bond acceptors (Lipinski definition) is 3. The van der Waals surface area contributed by atoms with Crippen LogP contribution in [-0.2, 0) is 13.6 Å². The Bertz CT molecular complexity index is 522. The van der Waals surface area contributed by atoms with Crippen molar-refractivity contribution in [2.24, 2.45) is 12.0 Å². The van der Waals surface area contributed by atoms with Crippen molar-refractivity contribution in [1.29, 1.82) is 0 Å². The van der Waals surface area contributed by atoms with Gasteiger partial charge in [-0.3, -0.25) is 9.58 Å².